The Morgan fingerprint density at radius 3 is 2.48 bits per heavy atom. The average molecular weight is 409 g/mol. The van der Waals surface area contributed by atoms with Crippen molar-refractivity contribution < 1.29 is 14.0 Å². The van der Waals surface area contributed by atoms with Crippen molar-refractivity contribution in [2.24, 2.45) is 0 Å². The number of furan rings is 1. The number of nitrogens with zero attached hydrogens (tertiary/aromatic N) is 1. The third-order valence-electron chi connectivity index (χ3n) is 4.79. The second kappa shape index (κ2) is 9.29. The molecule has 0 bridgehead atoms. The summed E-state index contributed by atoms with van der Waals surface area (Å²) in [6, 6.07) is 9.79. The number of nitrogens with one attached hydrogen (secondary N) is 1. The number of hydrogen-bond donors (Lipinski definition) is 1. The summed E-state index contributed by atoms with van der Waals surface area (Å²) < 4.78 is 5.39. The number of benzene rings is 1. The first-order valence-electron chi connectivity index (χ1n) is 9.02. The molecule has 1 heterocycles. The Bertz CT molecular complexity index is 756. The lowest BCUT2D eigenvalue weighted by Gasteiger charge is -2.31. The lowest BCUT2D eigenvalue weighted by molar-refractivity contribution is -0.140. The zero-order valence-electron chi connectivity index (χ0n) is 14.9. The van der Waals surface area contributed by atoms with Crippen molar-refractivity contribution in [1.82, 2.24) is 10.2 Å². The van der Waals surface area contributed by atoms with Crippen LogP contribution in [0.25, 0.3) is 0 Å². The summed E-state index contributed by atoms with van der Waals surface area (Å²) >= 11 is 11.8. The molecule has 3 rings (SSSR count). The van der Waals surface area contributed by atoms with Crippen LogP contribution in [-0.4, -0.2) is 28.6 Å². The second-order valence-corrected chi connectivity index (χ2v) is 7.38. The molecule has 7 heteroatoms. The highest BCUT2D eigenvalue weighted by atomic mass is 35.5. The first kappa shape index (κ1) is 19.8. The van der Waals surface area contributed by atoms with E-state index in [4.69, 9.17) is 27.6 Å². The molecular formula is C20H22Cl2N2O3. The fourth-order valence-electron chi connectivity index (χ4n) is 3.44. The van der Waals surface area contributed by atoms with Crippen LogP contribution in [0.3, 0.4) is 0 Å². The predicted molar refractivity (Wildman–Crippen MR) is 105 cm³/mol. The van der Waals surface area contributed by atoms with E-state index in [1.807, 2.05) is 0 Å². The molecule has 1 saturated carbocycles. The molecule has 0 aliphatic heterocycles. The summed E-state index contributed by atoms with van der Waals surface area (Å²) in [4.78, 5) is 27.2. The van der Waals surface area contributed by atoms with Gasteiger partial charge < -0.3 is 14.6 Å². The molecule has 2 aromatic rings. The van der Waals surface area contributed by atoms with E-state index in [1.54, 1.807) is 36.4 Å². The number of carbonyl (C=O) groups is 2. The Hall–Kier alpha value is -1.98. The Morgan fingerprint density at radius 1 is 1.19 bits per heavy atom. The average Bonchev–Trinajstić information content (AvgIpc) is 3.36. The van der Waals surface area contributed by atoms with Gasteiger partial charge in [-0.1, -0.05) is 36.6 Å². The molecule has 1 aliphatic rings. The molecule has 1 aromatic heterocycles. The largest absolute Gasteiger partial charge is 0.467 e. The smallest absolute Gasteiger partial charge is 0.247 e. The molecule has 1 aromatic carbocycles. The molecular weight excluding hydrogens is 387 g/mol. The quantitative estimate of drug-likeness (QED) is 0.694. The van der Waals surface area contributed by atoms with Crippen LogP contribution in [0.4, 0.5) is 0 Å². The van der Waals surface area contributed by atoms with Crippen molar-refractivity contribution in [1.29, 1.82) is 0 Å². The summed E-state index contributed by atoms with van der Waals surface area (Å²) in [5, 5.41) is 3.66. The molecule has 1 fully saturated rings. The van der Waals surface area contributed by atoms with Crippen LogP contribution in [-0.2, 0) is 16.1 Å². The fourth-order valence-corrected chi connectivity index (χ4v) is 3.72. The topological polar surface area (TPSA) is 62.6 Å². The van der Waals surface area contributed by atoms with Gasteiger partial charge >= 0.3 is 0 Å². The Labute approximate surface area is 168 Å². The SMILES string of the molecule is O=C(NC1CCCC1)[C@@H](c1ccc(Cl)cc1)N(Cc1ccco1)C(=O)CCl. The maximum Gasteiger partial charge on any atom is 0.247 e. The van der Waals surface area contributed by atoms with Gasteiger partial charge in [0.25, 0.3) is 0 Å². The highest BCUT2D eigenvalue weighted by molar-refractivity contribution is 6.30. The Kier molecular flexibility index (Phi) is 6.80. The minimum Gasteiger partial charge on any atom is -0.467 e. The van der Waals surface area contributed by atoms with Gasteiger partial charge in [-0.25, -0.2) is 0 Å². The number of rotatable bonds is 7. The number of alkyl halides is 1. The van der Waals surface area contributed by atoms with E-state index in [-0.39, 0.29) is 30.3 Å². The molecule has 144 valence electrons. The van der Waals surface area contributed by atoms with E-state index >= 15 is 0 Å². The lowest BCUT2D eigenvalue weighted by atomic mass is 10.0. The summed E-state index contributed by atoms with van der Waals surface area (Å²) in [6.45, 7) is 0.157. The highest BCUT2D eigenvalue weighted by Crippen LogP contribution is 2.27. The van der Waals surface area contributed by atoms with Crippen molar-refractivity contribution in [3.05, 3.63) is 59.0 Å². The van der Waals surface area contributed by atoms with Gasteiger partial charge in [0.2, 0.25) is 11.8 Å². The number of amides is 2. The van der Waals surface area contributed by atoms with Crippen molar-refractivity contribution >= 4 is 35.0 Å². The third kappa shape index (κ3) is 5.05. The van der Waals surface area contributed by atoms with Crippen molar-refractivity contribution in [2.75, 3.05) is 5.88 Å². The predicted octanol–water partition coefficient (Wildman–Crippen LogP) is 4.30. The second-order valence-electron chi connectivity index (χ2n) is 6.68. The number of halogens is 2. The van der Waals surface area contributed by atoms with Crippen LogP contribution in [0.15, 0.2) is 47.1 Å². The van der Waals surface area contributed by atoms with Gasteiger partial charge in [-0.15, -0.1) is 11.6 Å². The lowest BCUT2D eigenvalue weighted by Crippen LogP contribution is -2.46. The van der Waals surface area contributed by atoms with Gasteiger partial charge in [0, 0.05) is 11.1 Å². The number of hydrogen-bond acceptors (Lipinski definition) is 3. The van der Waals surface area contributed by atoms with Crippen LogP contribution in [0.1, 0.15) is 43.0 Å². The zero-order chi connectivity index (χ0) is 19.2. The van der Waals surface area contributed by atoms with Crippen LogP contribution in [0.5, 0.6) is 0 Å². The molecule has 1 aliphatic carbocycles. The minimum atomic E-state index is -0.806. The van der Waals surface area contributed by atoms with Gasteiger partial charge in [-0.2, -0.15) is 0 Å². The van der Waals surface area contributed by atoms with E-state index in [1.165, 1.54) is 11.2 Å². The third-order valence-corrected chi connectivity index (χ3v) is 5.27. The summed E-state index contributed by atoms with van der Waals surface area (Å²) in [7, 11) is 0. The Balaban J connectivity index is 1.92. The molecule has 0 unspecified atom stereocenters. The minimum absolute atomic E-state index is 0.142. The van der Waals surface area contributed by atoms with Crippen LogP contribution in [0, 0.1) is 0 Å². The first-order chi connectivity index (χ1) is 13.1. The highest BCUT2D eigenvalue weighted by Gasteiger charge is 2.33. The Morgan fingerprint density at radius 2 is 1.89 bits per heavy atom. The van der Waals surface area contributed by atoms with Gasteiger partial charge in [0.15, 0.2) is 0 Å². The van der Waals surface area contributed by atoms with E-state index in [0.29, 0.717) is 16.3 Å². The van der Waals surface area contributed by atoms with Crippen LogP contribution in [0.2, 0.25) is 5.02 Å². The van der Waals surface area contributed by atoms with E-state index in [0.717, 1.165) is 25.7 Å². The molecule has 27 heavy (non-hydrogen) atoms. The maximum atomic E-state index is 13.2. The van der Waals surface area contributed by atoms with Crippen LogP contribution >= 0.6 is 23.2 Å². The molecule has 1 atom stereocenters. The van der Waals surface area contributed by atoms with E-state index < -0.39 is 6.04 Å². The molecule has 0 radical (unpaired) electrons. The molecule has 5 nitrogen and oxygen atoms in total. The van der Waals surface area contributed by atoms with E-state index in [2.05, 4.69) is 5.32 Å². The molecule has 1 N–H and O–H groups in total. The van der Waals surface area contributed by atoms with Crippen molar-refractivity contribution in [2.45, 2.75) is 44.3 Å². The monoisotopic (exact) mass is 408 g/mol. The normalized spacial score (nSPS) is 15.5. The van der Waals surface area contributed by atoms with Gasteiger partial charge in [-0.3, -0.25) is 9.59 Å². The first-order valence-corrected chi connectivity index (χ1v) is 9.93. The summed E-state index contributed by atoms with van der Waals surface area (Å²) in [5.74, 6) is -0.188. The van der Waals surface area contributed by atoms with E-state index in [9.17, 15) is 9.59 Å². The molecule has 0 saturated heterocycles. The standard InChI is InChI=1S/C20H22Cl2N2O3/c21-12-18(25)24(13-17-6-3-11-27-17)19(14-7-9-15(22)10-8-14)20(26)23-16-4-1-2-5-16/h3,6-11,16,19H,1-2,4-5,12-13H2,(H,23,26)/t19-/m1/s1. The summed E-state index contributed by atoms with van der Waals surface area (Å²) in [6.07, 6.45) is 5.66. The van der Waals surface area contributed by atoms with Gasteiger partial charge in [0.1, 0.15) is 17.7 Å². The summed E-state index contributed by atoms with van der Waals surface area (Å²) in [5.41, 5.74) is 0.680. The maximum absolute atomic E-state index is 13.2. The van der Waals surface area contributed by atoms with Crippen molar-refractivity contribution in [3.63, 3.8) is 0 Å². The fraction of sp³-hybridized carbons (Fsp3) is 0.400. The molecule has 0 spiro atoms. The van der Waals surface area contributed by atoms with Crippen LogP contribution < -0.4 is 5.32 Å². The molecule has 2 amide bonds. The zero-order valence-corrected chi connectivity index (χ0v) is 16.4. The van der Waals surface area contributed by atoms with Crippen molar-refractivity contribution in [3.8, 4) is 0 Å². The van der Waals surface area contributed by atoms with Gasteiger partial charge in [-0.05, 0) is 42.7 Å². The van der Waals surface area contributed by atoms with Gasteiger partial charge in [0.05, 0.1) is 12.8 Å². The number of carbonyl (C=O) groups excluding carboxylic acids is 2.